The Labute approximate surface area is 240 Å². The summed E-state index contributed by atoms with van der Waals surface area (Å²) in [5.74, 6) is -4.63. The molecule has 1 aromatic carbocycles. The Morgan fingerprint density at radius 2 is 1.40 bits per heavy atom. The molecule has 0 bridgehead atoms. The topological polar surface area (TPSA) is 139 Å². The lowest BCUT2D eigenvalue weighted by atomic mass is 9.76. The van der Waals surface area contributed by atoms with Gasteiger partial charge >= 0.3 is 24.3 Å². The fraction of sp³-hybridized carbons (Fsp3) is 0.407. The van der Waals surface area contributed by atoms with Crippen molar-refractivity contribution in [2.45, 2.75) is 50.0 Å². The minimum Gasteiger partial charge on any atom is -0.475 e. The summed E-state index contributed by atoms with van der Waals surface area (Å²) in [4.78, 5) is 37.5. The highest BCUT2D eigenvalue weighted by Crippen LogP contribution is 2.41. The van der Waals surface area contributed by atoms with Crippen LogP contribution in [0.1, 0.15) is 30.7 Å². The Morgan fingerprint density at radius 3 is 1.91 bits per heavy atom. The van der Waals surface area contributed by atoms with Crippen LogP contribution in [-0.2, 0) is 28.0 Å². The molecule has 4 heterocycles. The van der Waals surface area contributed by atoms with Crippen LogP contribution in [0.3, 0.4) is 0 Å². The third kappa shape index (κ3) is 8.83. The summed E-state index contributed by atoms with van der Waals surface area (Å²) >= 11 is 0. The van der Waals surface area contributed by atoms with Gasteiger partial charge in [0.25, 0.3) is 5.56 Å². The van der Waals surface area contributed by atoms with Crippen LogP contribution < -0.4 is 5.56 Å². The number of carboxylic acids is 2. The van der Waals surface area contributed by atoms with Gasteiger partial charge < -0.3 is 15.1 Å². The van der Waals surface area contributed by atoms with Gasteiger partial charge in [0.15, 0.2) is 5.69 Å². The van der Waals surface area contributed by atoms with Crippen molar-refractivity contribution in [3.8, 4) is 11.3 Å². The number of pyridine rings is 1. The largest absolute Gasteiger partial charge is 0.490 e. The number of aromatic nitrogens is 4. The Morgan fingerprint density at radius 1 is 0.837 bits per heavy atom. The standard InChI is InChI=1S/C23H25N5O.2C2HF3O2/c29-21-20(19-7-4-12-24-17-19)25-26-22-23(11-16-28(21)22)9-14-27(15-10-23)13-8-18-5-2-1-3-6-18;2*3-2(4,5)1(6)7/h1-7,12,17H,8-11,13-16H2;2*(H,6,7). The monoisotopic (exact) mass is 615 g/mol. The van der Waals surface area contributed by atoms with E-state index in [9.17, 15) is 31.1 Å². The van der Waals surface area contributed by atoms with Gasteiger partial charge in [-0.2, -0.15) is 26.3 Å². The quantitative estimate of drug-likeness (QED) is 0.418. The van der Waals surface area contributed by atoms with E-state index < -0.39 is 24.3 Å². The molecule has 10 nitrogen and oxygen atoms in total. The second-order valence-corrected chi connectivity index (χ2v) is 9.78. The molecule has 0 unspecified atom stereocenters. The molecular weight excluding hydrogens is 588 g/mol. The highest BCUT2D eigenvalue weighted by Gasteiger charge is 2.44. The second-order valence-electron chi connectivity index (χ2n) is 9.78. The van der Waals surface area contributed by atoms with Crippen LogP contribution in [0, 0.1) is 0 Å². The first-order chi connectivity index (χ1) is 20.1. The summed E-state index contributed by atoms with van der Waals surface area (Å²) in [7, 11) is 0. The molecule has 1 fully saturated rings. The zero-order chi connectivity index (χ0) is 31.8. The van der Waals surface area contributed by atoms with Gasteiger partial charge in [-0.15, -0.1) is 10.2 Å². The van der Waals surface area contributed by atoms with Crippen molar-refractivity contribution in [1.82, 2.24) is 24.6 Å². The fourth-order valence-corrected chi connectivity index (χ4v) is 4.75. The van der Waals surface area contributed by atoms with Gasteiger partial charge in [-0.05, 0) is 56.5 Å². The minimum absolute atomic E-state index is 0.00285. The molecule has 3 aromatic rings. The van der Waals surface area contributed by atoms with Crippen molar-refractivity contribution < 1.29 is 46.1 Å². The molecule has 2 aliphatic rings. The number of benzene rings is 1. The lowest BCUT2D eigenvalue weighted by Crippen LogP contribution is -2.43. The number of carbonyl (C=O) groups is 2. The van der Waals surface area contributed by atoms with Gasteiger partial charge in [0.05, 0.1) is 0 Å². The molecule has 0 amide bonds. The van der Waals surface area contributed by atoms with Crippen molar-refractivity contribution >= 4 is 11.9 Å². The summed E-state index contributed by atoms with van der Waals surface area (Å²) < 4.78 is 65.3. The number of halogens is 6. The van der Waals surface area contributed by atoms with Crippen molar-refractivity contribution in [3.63, 3.8) is 0 Å². The second kappa shape index (κ2) is 13.8. The van der Waals surface area contributed by atoms with Crippen LogP contribution >= 0.6 is 0 Å². The zero-order valence-electron chi connectivity index (χ0n) is 22.5. The Hall–Kier alpha value is -4.34. The number of nitrogens with zero attached hydrogens (tertiary/aromatic N) is 5. The molecule has 0 aliphatic carbocycles. The molecule has 232 valence electrons. The molecule has 43 heavy (non-hydrogen) atoms. The first-order valence-corrected chi connectivity index (χ1v) is 12.9. The average molecular weight is 616 g/mol. The number of hydrogen-bond acceptors (Lipinski definition) is 7. The van der Waals surface area contributed by atoms with Gasteiger partial charge in [-0.25, -0.2) is 9.59 Å². The van der Waals surface area contributed by atoms with Gasteiger partial charge in [0, 0.05) is 36.5 Å². The molecule has 1 spiro atoms. The Balaban J connectivity index is 0.000000303. The van der Waals surface area contributed by atoms with E-state index in [0.29, 0.717) is 5.69 Å². The number of carboxylic acid groups (broad SMARTS) is 2. The minimum atomic E-state index is -5.08. The molecule has 2 aliphatic heterocycles. The molecule has 0 atom stereocenters. The average Bonchev–Trinajstić information content (AvgIpc) is 3.32. The molecule has 16 heteroatoms. The first kappa shape index (κ1) is 33.2. The highest BCUT2D eigenvalue weighted by molar-refractivity contribution is 5.73. The van der Waals surface area contributed by atoms with E-state index >= 15 is 0 Å². The zero-order valence-corrected chi connectivity index (χ0v) is 22.5. The summed E-state index contributed by atoms with van der Waals surface area (Å²) in [6.07, 6.45) is -2.64. The molecule has 1 saturated heterocycles. The van der Waals surface area contributed by atoms with Crippen molar-refractivity contribution in [2.75, 3.05) is 19.6 Å². The first-order valence-electron chi connectivity index (χ1n) is 12.9. The SMILES string of the molecule is O=C(O)C(F)(F)F.O=C(O)C(F)(F)F.O=c1c(-c2cccnc2)nnc2n1CCC21CCN(CCc2ccccc2)CC1. The molecule has 0 radical (unpaired) electrons. The molecule has 2 aromatic heterocycles. The number of aliphatic carboxylic acids is 2. The van der Waals surface area contributed by atoms with Gasteiger partial charge in [-0.1, -0.05) is 30.3 Å². The third-order valence-electron chi connectivity index (χ3n) is 7.03. The van der Waals surface area contributed by atoms with Crippen molar-refractivity contribution in [3.05, 3.63) is 76.6 Å². The molecule has 0 saturated carbocycles. The van der Waals surface area contributed by atoms with Crippen molar-refractivity contribution in [1.29, 1.82) is 0 Å². The van der Waals surface area contributed by atoms with Crippen LogP contribution in [0.2, 0.25) is 0 Å². The number of rotatable bonds is 4. The van der Waals surface area contributed by atoms with Crippen LogP contribution in [0.25, 0.3) is 11.3 Å². The number of piperidine rings is 1. The Kier molecular flexibility index (Phi) is 10.6. The van der Waals surface area contributed by atoms with Crippen LogP contribution in [-0.4, -0.2) is 78.8 Å². The number of likely N-dealkylation sites (tertiary alicyclic amines) is 1. The summed E-state index contributed by atoms with van der Waals surface area (Å²) in [5, 5.41) is 23.1. The summed E-state index contributed by atoms with van der Waals surface area (Å²) in [6.45, 7) is 3.92. The Bertz CT molecular complexity index is 1420. The maximum absolute atomic E-state index is 13.0. The van der Waals surface area contributed by atoms with Crippen molar-refractivity contribution in [2.24, 2.45) is 0 Å². The predicted octanol–water partition coefficient (Wildman–Crippen LogP) is 3.95. The van der Waals surface area contributed by atoms with Crippen LogP contribution in [0.15, 0.2) is 59.7 Å². The molecule has 5 rings (SSSR count). The summed E-state index contributed by atoms with van der Waals surface area (Å²) in [6, 6.07) is 14.3. The molecule has 2 N–H and O–H groups in total. The van der Waals surface area contributed by atoms with Gasteiger partial charge in [-0.3, -0.25) is 14.3 Å². The number of alkyl halides is 6. The van der Waals surface area contributed by atoms with E-state index in [2.05, 4.69) is 50.4 Å². The van der Waals surface area contributed by atoms with E-state index in [4.69, 9.17) is 19.8 Å². The number of hydrogen-bond donors (Lipinski definition) is 2. The van der Waals surface area contributed by atoms with E-state index in [1.165, 1.54) is 5.56 Å². The normalized spacial score (nSPS) is 15.9. The summed E-state index contributed by atoms with van der Waals surface area (Å²) in [5.41, 5.74) is 2.49. The predicted molar refractivity (Wildman–Crippen MR) is 139 cm³/mol. The lowest BCUT2D eigenvalue weighted by Gasteiger charge is -2.38. The maximum Gasteiger partial charge on any atom is 0.490 e. The van der Waals surface area contributed by atoms with E-state index in [-0.39, 0.29) is 11.0 Å². The van der Waals surface area contributed by atoms with Crippen LogP contribution in [0.4, 0.5) is 26.3 Å². The smallest absolute Gasteiger partial charge is 0.475 e. The number of fused-ring (bicyclic) bond motifs is 2. The van der Waals surface area contributed by atoms with E-state index in [0.717, 1.165) is 63.3 Å². The lowest BCUT2D eigenvalue weighted by molar-refractivity contribution is -0.193. The van der Waals surface area contributed by atoms with E-state index in [1.807, 2.05) is 16.7 Å². The van der Waals surface area contributed by atoms with Gasteiger partial charge in [0.1, 0.15) is 5.82 Å². The maximum atomic E-state index is 13.0. The highest BCUT2D eigenvalue weighted by atomic mass is 19.4. The molecular formula is C27H27F6N5O5. The van der Waals surface area contributed by atoms with E-state index in [1.54, 1.807) is 12.4 Å². The third-order valence-corrected chi connectivity index (χ3v) is 7.03. The van der Waals surface area contributed by atoms with Gasteiger partial charge in [0.2, 0.25) is 0 Å². The fourth-order valence-electron chi connectivity index (χ4n) is 4.75. The van der Waals surface area contributed by atoms with Crippen LogP contribution in [0.5, 0.6) is 0 Å².